The molecule has 186 valence electrons. The van der Waals surface area contributed by atoms with Crippen molar-refractivity contribution in [3.05, 3.63) is 89.5 Å². The van der Waals surface area contributed by atoms with E-state index < -0.39 is 10.0 Å². The van der Waals surface area contributed by atoms with Crippen LogP contribution in [0.15, 0.2) is 77.7 Å². The molecule has 0 saturated carbocycles. The van der Waals surface area contributed by atoms with E-state index in [0.29, 0.717) is 30.9 Å². The van der Waals surface area contributed by atoms with Crippen LogP contribution >= 0.6 is 0 Å². The van der Waals surface area contributed by atoms with Crippen molar-refractivity contribution in [3.8, 4) is 5.75 Å². The molecule has 6 nitrogen and oxygen atoms in total. The topological polar surface area (TPSA) is 75.7 Å². The quantitative estimate of drug-likeness (QED) is 0.405. The first-order chi connectivity index (χ1) is 16.5. The summed E-state index contributed by atoms with van der Waals surface area (Å²) in [5.41, 5.74) is 3.33. The largest absolute Gasteiger partial charge is 0.489 e. The molecule has 1 N–H and O–H groups in total. The molecule has 0 aliphatic carbocycles. The van der Waals surface area contributed by atoms with E-state index in [1.54, 1.807) is 38.1 Å². The van der Waals surface area contributed by atoms with Crippen LogP contribution in [0.25, 0.3) is 0 Å². The van der Waals surface area contributed by atoms with Crippen molar-refractivity contribution in [2.75, 3.05) is 18.4 Å². The Labute approximate surface area is 209 Å². The van der Waals surface area contributed by atoms with Crippen molar-refractivity contribution in [3.63, 3.8) is 0 Å². The monoisotopic (exact) mass is 494 g/mol. The van der Waals surface area contributed by atoms with Crippen LogP contribution in [0.5, 0.6) is 5.75 Å². The molecule has 0 spiro atoms. The number of rotatable bonds is 9. The van der Waals surface area contributed by atoms with E-state index in [1.165, 1.54) is 22.0 Å². The Balaban J connectivity index is 1.58. The number of nitrogens with one attached hydrogen (secondary N) is 1. The molecule has 3 rings (SSSR count). The molecule has 7 heteroatoms. The summed E-state index contributed by atoms with van der Waals surface area (Å²) in [7, 11) is -3.53. The lowest BCUT2D eigenvalue weighted by molar-refractivity contribution is 0.102. The Kier molecular flexibility index (Phi) is 8.35. The highest BCUT2D eigenvalue weighted by Crippen LogP contribution is 2.25. The molecule has 0 aromatic heterocycles. The van der Waals surface area contributed by atoms with Gasteiger partial charge < -0.3 is 10.1 Å². The number of hydrogen-bond acceptors (Lipinski definition) is 4. The second-order valence-electron chi connectivity index (χ2n) is 9.33. The number of ether oxygens (including phenoxy) is 1. The highest BCUT2D eigenvalue weighted by atomic mass is 32.2. The minimum Gasteiger partial charge on any atom is -0.489 e. The van der Waals surface area contributed by atoms with Gasteiger partial charge in [-0.25, -0.2) is 8.42 Å². The summed E-state index contributed by atoms with van der Waals surface area (Å²) in [5.74, 6) is 0.529. The standard InChI is InChI=1S/C28H34N2O4S/c1-6-30(7-2)35(32,33)26-18-14-24(15-19-26)29-27(31)22-10-8-21(9-11-22)20-34-25-16-12-23(13-17-25)28(3,4)5/h8-19H,6-7,20H2,1-5H3,(H,29,31). The van der Waals surface area contributed by atoms with Crippen LogP contribution in [0.1, 0.15) is 56.1 Å². The van der Waals surface area contributed by atoms with Crippen LogP contribution in [0.2, 0.25) is 0 Å². The molecule has 0 fully saturated rings. The van der Waals surface area contributed by atoms with Gasteiger partial charge in [-0.2, -0.15) is 4.31 Å². The molecule has 3 aromatic rings. The maximum atomic E-state index is 12.6. The molecule has 0 aliphatic rings. The smallest absolute Gasteiger partial charge is 0.255 e. The van der Waals surface area contributed by atoms with Crippen molar-refractivity contribution in [2.45, 2.75) is 51.5 Å². The normalized spacial score (nSPS) is 11.9. The van der Waals surface area contributed by atoms with Crippen LogP contribution in [0, 0.1) is 0 Å². The zero-order valence-electron chi connectivity index (χ0n) is 21.0. The van der Waals surface area contributed by atoms with Gasteiger partial charge in [0.05, 0.1) is 4.90 Å². The van der Waals surface area contributed by atoms with E-state index in [0.717, 1.165) is 11.3 Å². The fourth-order valence-electron chi connectivity index (χ4n) is 3.60. The first kappa shape index (κ1) is 26.4. The van der Waals surface area contributed by atoms with Crippen LogP contribution in [-0.4, -0.2) is 31.7 Å². The Morgan fingerprint density at radius 3 is 1.94 bits per heavy atom. The van der Waals surface area contributed by atoms with E-state index in [1.807, 2.05) is 24.3 Å². The summed E-state index contributed by atoms with van der Waals surface area (Å²) >= 11 is 0. The second-order valence-corrected chi connectivity index (χ2v) is 11.3. The number of carbonyl (C=O) groups is 1. The van der Waals surface area contributed by atoms with E-state index in [2.05, 4.69) is 38.2 Å². The predicted octanol–water partition coefficient (Wildman–Crippen LogP) is 5.85. The van der Waals surface area contributed by atoms with Crippen LogP contribution in [0.3, 0.4) is 0 Å². The second kappa shape index (κ2) is 11.1. The SMILES string of the molecule is CCN(CC)S(=O)(=O)c1ccc(NC(=O)c2ccc(COc3ccc(C(C)(C)C)cc3)cc2)cc1. The third-order valence-electron chi connectivity index (χ3n) is 5.80. The van der Waals surface area contributed by atoms with Gasteiger partial charge in [0.15, 0.2) is 0 Å². The third-order valence-corrected chi connectivity index (χ3v) is 7.86. The molecule has 0 saturated heterocycles. The van der Waals surface area contributed by atoms with Gasteiger partial charge in [0, 0.05) is 24.3 Å². The van der Waals surface area contributed by atoms with Crippen molar-refractivity contribution in [1.82, 2.24) is 4.31 Å². The highest BCUT2D eigenvalue weighted by molar-refractivity contribution is 7.89. The first-order valence-electron chi connectivity index (χ1n) is 11.8. The molecule has 0 radical (unpaired) electrons. The summed E-state index contributed by atoms with van der Waals surface area (Å²) < 4.78 is 32.5. The van der Waals surface area contributed by atoms with Gasteiger partial charge >= 0.3 is 0 Å². The van der Waals surface area contributed by atoms with Gasteiger partial charge in [0.2, 0.25) is 10.0 Å². The van der Waals surface area contributed by atoms with Gasteiger partial charge in [-0.3, -0.25) is 4.79 Å². The van der Waals surface area contributed by atoms with Gasteiger partial charge in [0.25, 0.3) is 5.91 Å². The van der Waals surface area contributed by atoms with E-state index in [-0.39, 0.29) is 16.2 Å². The molecule has 0 unspecified atom stereocenters. The minimum absolute atomic E-state index is 0.0972. The number of sulfonamides is 1. The fraction of sp³-hybridized carbons (Fsp3) is 0.321. The van der Waals surface area contributed by atoms with Crippen molar-refractivity contribution < 1.29 is 17.9 Å². The number of anilines is 1. The third kappa shape index (κ3) is 6.71. The lowest BCUT2D eigenvalue weighted by Crippen LogP contribution is -2.30. The Bertz CT molecular complexity index is 1220. The average Bonchev–Trinajstić information content (AvgIpc) is 2.83. The summed E-state index contributed by atoms with van der Waals surface area (Å²) in [6.45, 7) is 11.3. The maximum Gasteiger partial charge on any atom is 0.255 e. The molecular formula is C28H34N2O4S. The molecule has 35 heavy (non-hydrogen) atoms. The van der Waals surface area contributed by atoms with Gasteiger partial charge in [0.1, 0.15) is 12.4 Å². The van der Waals surface area contributed by atoms with Crippen LogP contribution in [-0.2, 0) is 22.0 Å². The number of amides is 1. The average molecular weight is 495 g/mol. The minimum atomic E-state index is -3.53. The zero-order valence-corrected chi connectivity index (χ0v) is 21.9. The predicted molar refractivity (Wildman–Crippen MR) is 140 cm³/mol. The summed E-state index contributed by atoms with van der Waals surface area (Å²) in [5, 5.41) is 2.81. The number of hydrogen-bond donors (Lipinski definition) is 1. The van der Waals surface area contributed by atoms with Gasteiger partial charge in [-0.15, -0.1) is 0 Å². The molecule has 0 aliphatic heterocycles. The summed E-state index contributed by atoms with van der Waals surface area (Å²) in [6, 6.07) is 21.5. The summed E-state index contributed by atoms with van der Waals surface area (Å²) in [6.07, 6.45) is 0. The highest BCUT2D eigenvalue weighted by Gasteiger charge is 2.21. The Morgan fingerprint density at radius 2 is 1.43 bits per heavy atom. The Hall–Kier alpha value is -3.16. The van der Waals surface area contributed by atoms with Crippen LogP contribution in [0.4, 0.5) is 5.69 Å². The molecule has 3 aromatic carbocycles. The van der Waals surface area contributed by atoms with E-state index >= 15 is 0 Å². The molecule has 1 amide bonds. The van der Waals surface area contributed by atoms with E-state index in [9.17, 15) is 13.2 Å². The molecule has 0 bridgehead atoms. The van der Waals surface area contributed by atoms with Crippen LogP contribution < -0.4 is 10.1 Å². The zero-order chi connectivity index (χ0) is 25.6. The lowest BCUT2D eigenvalue weighted by atomic mass is 9.87. The first-order valence-corrected chi connectivity index (χ1v) is 13.2. The molecular weight excluding hydrogens is 460 g/mol. The van der Waals surface area contributed by atoms with Crippen molar-refractivity contribution in [2.24, 2.45) is 0 Å². The van der Waals surface area contributed by atoms with Crippen molar-refractivity contribution in [1.29, 1.82) is 0 Å². The molecule has 0 atom stereocenters. The number of nitrogens with zero attached hydrogens (tertiary/aromatic N) is 1. The fourth-order valence-corrected chi connectivity index (χ4v) is 5.05. The summed E-state index contributed by atoms with van der Waals surface area (Å²) in [4.78, 5) is 12.8. The Morgan fingerprint density at radius 1 is 0.857 bits per heavy atom. The van der Waals surface area contributed by atoms with E-state index in [4.69, 9.17) is 4.74 Å². The van der Waals surface area contributed by atoms with Gasteiger partial charge in [-0.1, -0.05) is 58.9 Å². The number of carbonyl (C=O) groups excluding carboxylic acids is 1. The molecule has 0 heterocycles. The maximum absolute atomic E-state index is 12.6. The number of benzene rings is 3. The van der Waals surface area contributed by atoms with Crippen molar-refractivity contribution >= 4 is 21.6 Å². The lowest BCUT2D eigenvalue weighted by Gasteiger charge is -2.19. The van der Waals surface area contributed by atoms with Gasteiger partial charge in [-0.05, 0) is 65.1 Å².